The molecule has 0 aliphatic heterocycles. The molecule has 0 aliphatic rings. The van der Waals surface area contributed by atoms with Crippen LogP contribution in [0.25, 0.3) is 0 Å². The van der Waals surface area contributed by atoms with Gasteiger partial charge in [-0.2, -0.15) is 0 Å². The molecule has 2 radical (unpaired) electrons. The Balaban J connectivity index is 3.28. The Hall–Kier alpha value is 0.394. The third kappa shape index (κ3) is 8.39. The molecular weight excluding hydrogens is 142 g/mol. The molecule has 0 N–H and O–H groups in total. The van der Waals surface area contributed by atoms with Crippen LogP contribution in [0.4, 0.5) is 0 Å². The number of rotatable bonds is 3. The van der Waals surface area contributed by atoms with Crippen molar-refractivity contribution in [3.63, 3.8) is 0 Å². The van der Waals surface area contributed by atoms with Crippen LogP contribution in [0.5, 0.6) is 0 Å². The van der Waals surface area contributed by atoms with E-state index in [2.05, 4.69) is 38.3 Å². The Morgan fingerprint density at radius 2 is 1.67 bits per heavy atom. The average molecular weight is 159 g/mol. The van der Waals surface area contributed by atoms with E-state index in [0.29, 0.717) is 0 Å². The van der Waals surface area contributed by atoms with Crippen molar-refractivity contribution in [2.45, 2.75) is 25.3 Å². The van der Waals surface area contributed by atoms with Gasteiger partial charge in [-0.3, -0.25) is 0 Å². The predicted octanol–water partition coefficient (Wildman–Crippen LogP) is 1.46. The minimum atomic E-state index is -0.749. The van der Waals surface area contributed by atoms with Gasteiger partial charge in [0.2, 0.25) is 0 Å². The molecule has 0 amide bonds. The zero-order valence-corrected chi connectivity index (χ0v) is 9.15. The van der Waals surface area contributed by atoms with Gasteiger partial charge < -0.3 is 4.57 Å². The lowest BCUT2D eigenvalue weighted by Gasteiger charge is -2.17. The zero-order valence-electron chi connectivity index (χ0n) is 7.15. The van der Waals surface area contributed by atoms with Crippen LogP contribution >= 0.6 is 0 Å². The molecular formula is C6H17NSi2. The fourth-order valence-corrected chi connectivity index (χ4v) is 3.56. The summed E-state index contributed by atoms with van der Waals surface area (Å²) in [5.74, 6) is 0. The van der Waals surface area contributed by atoms with E-state index < -0.39 is 8.07 Å². The molecule has 0 unspecified atom stereocenters. The molecule has 0 rings (SSSR count). The van der Waals surface area contributed by atoms with E-state index >= 15 is 0 Å². The molecule has 3 heteroatoms. The Bertz CT molecular complexity index is 75.6. The Labute approximate surface area is 62.4 Å². The van der Waals surface area contributed by atoms with E-state index in [9.17, 15) is 0 Å². The van der Waals surface area contributed by atoms with Crippen molar-refractivity contribution < 1.29 is 0 Å². The summed E-state index contributed by atoms with van der Waals surface area (Å²) in [5.41, 5.74) is 1.44. The van der Waals surface area contributed by atoms with Crippen molar-refractivity contribution in [3.8, 4) is 0 Å². The van der Waals surface area contributed by atoms with Gasteiger partial charge in [0.15, 0.2) is 0 Å². The molecule has 54 valence electrons. The topological polar surface area (TPSA) is 3.24 Å². The van der Waals surface area contributed by atoms with Crippen LogP contribution in [0.2, 0.25) is 25.3 Å². The first-order chi connectivity index (χ1) is 3.92. The highest BCUT2D eigenvalue weighted by Gasteiger charge is 2.12. The third-order valence-electron chi connectivity index (χ3n) is 0.926. The summed E-state index contributed by atoms with van der Waals surface area (Å²) in [6, 6.07) is 0. The molecule has 0 saturated heterocycles. The molecule has 1 nitrogen and oxygen atoms in total. The summed E-state index contributed by atoms with van der Waals surface area (Å²) in [6.45, 7) is 7.26. The van der Waals surface area contributed by atoms with Crippen LogP contribution in [-0.4, -0.2) is 36.4 Å². The van der Waals surface area contributed by atoms with E-state index in [0.717, 1.165) is 9.68 Å². The van der Waals surface area contributed by atoms with Crippen molar-refractivity contribution in [2.24, 2.45) is 0 Å². The minimum absolute atomic E-state index is 0.749. The van der Waals surface area contributed by atoms with Gasteiger partial charge in [0.05, 0.1) is 0 Å². The molecule has 0 fully saturated rings. The molecule has 9 heavy (non-hydrogen) atoms. The molecule has 0 aromatic heterocycles. The lowest BCUT2D eigenvalue weighted by Crippen LogP contribution is -2.29. The number of hydrogen-bond donors (Lipinski definition) is 0. The molecule has 0 aromatic rings. The molecule has 0 aliphatic carbocycles. The zero-order chi connectivity index (χ0) is 7.49. The summed E-state index contributed by atoms with van der Waals surface area (Å²) >= 11 is 0. The van der Waals surface area contributed by atoms with Crippen molar-refractivity contribution in [1.29, 1.82) is 0 Å². The molecule has 0 bridgehead atoms. The molecule has 0 spiro atoms. The van der Waals surface area contributed by atoms with Crippen LogP contribution in [0.3, 0.4) is 0 Å². The number of nitrogens with zero attached hydrogens (tertiary/aromatic N) is 1. The lowest BCUT2D eigenvalue weighted by molar-refractivity contribution is 0.662. The highest BCUT2D eigenvalue weighted by Crippen LogP contribution is 2.05. The third-order valence-corrected chi connectivity index (χ3v) is 6.43. The van der Waals surface area contributed by atoms with Gasteiger partial charge in [-0.15, -0.1) is 0 Å². The van der Waals surface area contributed by atoms with Gasteiger partial charge >= 0.3 is 0 Å². The highest BCUT2D eigenvalue weighted by molar-refractivity contribution is 6.82. The Morgan fingerprint density at radius 1 is 1.22 bits per heavy atom. The van der Waals surface area contributed by atoms with Gasteiger partial charge in [-0.1, -0.05) is 25.3 Å². The van der Waals surface area contributed by atoms with Gasteiger partial charge in [0.25, 0.3) is 0 Å². The normalized spacial score (nSPS) is 12.7. The second-order valence-electron chi connectivity index (χ2n) is 3.79. The summed E-state index contributed by atoms with van der Waals surface area (Å²) < 4.78 is 2.29. The van der Waals surface area contributed by atoms with Crippen LogP contribution in [0.1, 0.15) is 0 Å². The van der Waals surface area contributed by atoms with Crippen molar-refractivity contribution >= 4 is 17.8 Å². The average Bonchev–Trinajstić information content (AvgIpc) is 1.59. The van der Waals surface area contributed by atoms with E-state index in [1.807, 2.05) is 0 Å². The maximum absolute atomic E-state index is 2.42. The smallest absolute Gasteiger partial charge is 0.138 e. The fraction of sp³-hybridized carbons (Fsp3) is 1.00. The summed E-state index contributed by atoms with van der Waals surface area (Å²) in [5, 5.41) is 0. The van der Waals surface area contributed by atoms with Crippen LogP contribution < -0.4 is 0 Å². The Morgan fingerprint density at radius 3 is 1.78 bits per heavy atom. The monoisotopic (exact) mass is 159 g/mol. The SMILES string of the molecule is CN(C)[Si]C[Si](C)(C)C. The number of hydrogen-bond acceptors (Lipinski definition) is 1. The Kier molecular flexibility index (Phi) is 3.69. The van der Waals surface area contributed by atoms with Gasteiger partial charge in [0, 0.05) is 8.07 Å². The van der Waals surface area contributed by atoms with Crippen LogP contribution in [-0.2, 0) is 0 Å². The van der Waals surface area contributed by atoms with Gasteiger partial charge in [-0.05, 0) is 14.1 Å². The van der Waals surface area contributed by atoms with Crippen molar-refractivity contribution in [1.82, 2.24) is 4.57 Å². The van der Waals surface area contributed by atoms with E-state index in [-0.39, 0.29) is 0 Å². The largest absolute Gasteiger partial charge is 0.331 e. The summed E-state index contributed by atoms with van der Waals surface area (Å²) in [4.78, 5) is 0. The van der Waals surface area contributed by atoms with E-state index in [4.69, 9.17) is 0 Å². The molecule has 0 heterocycles. The molecule has 0 atom stereocenters. The molecule has 0 aromatic carbocycles. The van der Waals surface area contributed by atoms with Crippen molar-refractivity contribution in [2.75, 3.05) is 14.1 Å². The van der Waals surface area contributed by atoms with E-state index in [1.54, 1.807) is 0 Å². The second-order valence-corrected chi connectivity index (χ2v) is 11.5. The maximum atomic E-state index is 2.42. The van der Waals surface area contributed by atoms with Gasteiger partial charge in [-0.25, -0.2) is 0 Å². The predicted molar refractivity (Wildman–Crippen MR) is 47.6 cm³/mol. The lowest BCUT2D eigenvalue weighted by atomic mass is 11.3. The van der Waals surface area contributed by atoms with Gasteiger partial charge in [0.1, 0.15) is 9.68 Å². The quantitative estimate of drug-likeness (QED) is 0.564. The van der Waals surface area contributed by atoms with E-state index in [1.165, 1.54) is 5.67 Å². The fourth-order valence-electron chi connectivity index (χ4n) is 0.395. The summed E-state index contributed by atoms with van der Waals surface area (Å²) in [6.07, 6.45) is 0. The summed E-state index contributed by atoms with van der Waals surface area (Å²) in [7, 11) is 4.59. The second kappa shape index (κ2) is 3.53. The first-order valence-electron chi connectivity index (χ1n) is 3.33. The minimum Gasteiger partial charge on any atom is -0.331 e. The first-order valence-corrected chi connectivity index (χ1v) is 8.19. The van der Waals surface area contributed by atoms with Crippen LogP contribution in [0.15, 0.2) is 0 Å². The first kappa shape index (κ1) is 9.39. The van der Waals surface area contributed by atoms with Crippen LogP contribution in [0, 0.1) is 0 Å². The molecule has 0 saturated carbocycles. The standard InChI is InChI=1S/C6H17NSi2/c1-7(2)8-6-9(3,4)5/h6H2,1-5H3. The maximum Gasteiger partial charge on any atom is 0.138 e. The van der Waals surface area contributed by atoms with Crippen molar-refractivity contribution in [3.05, 3.63) is 0 Å². The highest BCUT2D eigenvalue weighted by atomic mass is 28.4.